The molecule has 9 heteroatoms. The van der Waals surface area contributed by atoms with Gasteiger partial charge in [-0.2, -0.15) is 10.2 Å². The number of aromatic nitrogens is 2. The van der Waals surface area contributed by atoms with E-state index >= 15 is 0 Å². The van der Waals surface area contributed by atoms with Crippen LogP contribution in [0.25, 0.3) is 22.0 Å². The lowest BCUT2D eigenvalue weighted by molar-refractivity contribution is 0.0205. The van der Waals surface area contributed by atoms with Gasteiger partial charge in [-0.1, -0.05) is 0 Å². The van der Waals surface area contributed by atoms with Gasteiger partial charge in [-0.3, -0.25) is 5.32 Å². The number of fused-ring (bicyclic) bond motifs is 2. The third-order valence-corrected chi connectivity index (χ3v) is 6.14. The van der Waals surface area contributed by atoms with Crippen molar-refractivity contribution >= 4 is 39.9 Å². The molecule has 1 aliphatic rings. The van der Waals surface area contributed by atoms with Crippen molar-refractivity contribution in [2.24, 2.45) is 0 Å². The highest BCUT2D eigenvalue weighted by molar-refractivity contribution is 5.82. The van der Waals surface area contributed by atoms with Gasteiger partial charge in [-0.15, -0.1) is 0 Å². The summed E-state index contributed by atoms with van der Waals surface area (Å²) < 4.78 is 26.0. The van der Waals surface area contributed by atoms with E-state index in [9.17, 15) is 9.18 Å². The molecular formula is C27H26FN5O3. The third-order valence-electron chi connectivity index (χ3n) is 6.14. The number of nitrogens with zero attached hydrogens (tertiary/aromatic N) is 4. The van der Waals surface area contributed by atoms with Gasteiger partial charge >= 0.3 is 12.1 Å². The highest BCUT2D eigenvalue weighted by Gasteiger charge is 2.28. The second kappa shape index (κ2) is 9.11. The number of anilines is 2. The number of nitriles is 1. The lowest BCUT2D eigenvalue weighted by Gasteiger charge is -2.33. The Hall–Kier alpha value is -4.19. The summed E-state index contributed by atoms with van der Waals surface area (Å²) >= 11 is 0. The van der Waals surface area contributed by atoms with Crippen LogP contribution in [0, 0.1) is 17.1 Å². The predicted molar refractivity (Wildman–Crippen MR) is 133 cm³/mol. The van der Waals surface area contributed by atoms with Crippen molar-refractivity contribution in [3.05, 3.63) is 59.4 Å². The number of ether oxygens (including phenoxy) is 1. The van der Waals surface area contributed by atoms with Crippen LogP contribution in [-0.2, 0) is 4.74 Å². The van der Waals surface area contributed by atoms with E-state index in [1.165, 1.54) is 6.07 Å². The summed E-state index contributed by atoms with van der Waals surface area (Å²) in [5.41, 5.74) is 2.06. The number of halogens is 1. The standard InChI is InChI=1S/C27H26FN5O3/c1-27(2,3)36-26(34)33-10-8-17(9-11-33)19-13-20(28)24-22(14-19)31-25(35-24)32-23-7-5-18-12-16(15-29)4-6-21(18)30-23/h4-7,12-14,17H,8-11H2,1-3H3,(H,30,31,32). The lowest BCUT2D eigenvalue weighted by Crippen LogP contribution is -2.41. The number of carbonyl (C=O) groups excluding carboxylic acids is 1. The molecule has 1 fully saturated rings. The van der Waals surface area contributed by atoms with E-state index in [0.717, 1.165) is 10.9 Å². The van der Waals surface area contributed by atoms with E-state index < -0.39 is 11.4 Å². The highest BCUT2D eigenvalue weighted by Crippen LogP contribution is 2.33. The minimum Gasteiger partial charge on any atom is -0.444 e. The number of benzene rings is 2. The fraction of sp³-hybridized carbons (Fsp3) is 0.333. The van der Waals surface area contributed by atoms with Gasteiger partial charge in [-0.05, 0) is 87.6 Å². The maximum Gasteiger partial charge on any atom is 0.410 e. The van der Waals surface area contributed by atoms with Crippen LogP contribution >= 0.6 is 0 Å². The fourth-order valence-electron chi connectivity index (χ4n) is 4.40. The second-order valence-corrected chi connectivity index (χ2v) is 9.95. The first-order valence-electron chi connectivity index (χ1n) is 11.8. The van der Waals surface area contributed by atoms with E-state index in [1.807, 2.05) is 32.9 Å². The van der Waals surface area contributed by atoms with Crippen molar-refractivity contribution in [1.82, 2.24) is 14.9 Å². The molecule has 5 rings (SSSR count). The predicted octanol–water partition coefficient (Wildman–Crippen LogP) is 6.24. The van der Waals surface area contributed by atoms with Crippen LogP contribution in [0.3, 0.4) is 0 Å². The number of likely N-dealkylation sites (tertiary alicyclic amines) is 1. The Bertz CT molecular complexity index is 1490. The molecule has 36 heavy (non-hydrogen) atoms. The van der Waals surface area contributed by atoms with Gasteiger partial charge in [0.15, 0.2) is 11.4 Å². The van der Waals surface area contributed by atoms with E-state index in [-0.39, 0.29) is 23.6 Å². The molecule has 2 aromatic heterocycles. The number of amides is 1. The average Bonchev–Trinajstić information content (AvgIpc) is 3.25. The van der Waals surface area contributed by atoms with Crippen LogP contribution in [0.1, 0.15) is 50.7 Å². The first kappa shape index (κ1) is 23.5. The van der Waals surface area contributed by atoms with E-state index in [2.05, 4.69) is 21.4 Å². The summed E-state index contributed by atoms with van der Waals surface area (Å²) in [7, 11) is 0. The summed E-state index contributed by atoms with van der Waals surface area (Å²) in [5, 5.41) is 12.9. The monoisotopic (exact) mass is 487 g/mol. The second-order valence-electron chi connectivity index (χ2n) is 9.95. The molecule has 4 aromatic rings. The number of nitrogens with one attached hydrogen (secondary N) is 1. The molecule has 0 unspecified atom stereocenters. The minimum atomic E-state index is -0.538. The van der Waals surface area contributed by atoms with Crippen molar-refractivity contribution in [2.45, 2.75) is 45.1 Å². The number of hydrogen-bond acceptors (Lipinski definition) is 7. The Labute approximate surface area is 207 Å². The Morgan fingerprint density at radius 2 is 1.92 bits per heavy atom. The first-order valence-corrected chi connectivity index (χ1v) is 11.8. The topological polar surface area (TPSA) is 104 Å². The summed E-state index contributed by atoms with van der Waals surface area (Å²) in [4.78, 5) is 23.0. The summed E-state index contributed by atoms with van der Waals surface area (Å²) in [5.74, 6) is 0.123. The molecule has 8 nitrogen and oxygen atoms in total. The van der Waals surface area contributed by atoms with Gasteiger partial charge < -0.3 is 14.1 Å². The number of oxazole rings is 1. The molecule has 3 heterocycles. The average molecular weight is 488 g/mol. The number of hydrogen-bond donors (Lipinski definition) is 1. The minimum absolute atomic E-state index is 0.0758. The summed E-state index contributed by atoms with van der Waals surface area (Å²) in [6.45, 7) is 6.64. The summed E-state index contributed by atoms with van der Waals surface area (Å²) in [6, 6.07) is 14.4. The van der Waals surface area contributed by atoms with Gasteiger partial charge in [0.1, 0.15) is 16.9 Å². The van der Waals surface area contributed by atoms with Crippen LogP contribution in [0.4, 0.5) is 21.0 Å². The van der Waals surface area contributed by atoms with Crippen molar-refractivity contribution in [3.63, 3.8) is 0 Å². The number of rotatable bonds is 3. The molecule has 1 aliphatic heterocycles. The number of pyridine rings is 1. The van der Waals surface area contributed by atoms with Crippen LogP contribution in [0.15, 0.2) is 46.9 Å². The van der Waals surface area contributed by atoms with Crippen molar-refractivity contribution < 1.29 is 18.3 Å². The molecule has 1 N–H and O–H groups in total. The van der Waals surface area contributed by atoms with Gasteiger partial charge in [0.2, 0.25) is 0 Å². The Morgan fingerprint density at radius 1 is 1.14 bits per heavy atom. The van der Waals surface area contributed by atoms with Crippen molar-refractivity contribution in [1.29, 1.82) is 5.26 Å². The molecule has 1 saturated heterocycles. The van der Waals surface area contributed by atoms with Crippen molar-refractivity contribution in [2.75, 3.05) is 18.4 Å². The molecule has 0 aliphatic carbocycles. The van der Waals surface area contributed by atoms with Gasteiger partial charge in [0.05, 0.1) is 17.1 Å². The molecule has 1 amide bonds. The largest absolute Gasteiger partial charge is 0.444 e. The molecule has 0 spiro atoms. The van der Waals surface area contributed by atoms with E-state index in [0.29, 0.717) is 48.3 Å². The van der Waals surface area contributed by atoms with Gasteiger partial charge in [0.25, 0.3) is 0 Å². The van der Waals surface area contributed by atoms with Gasteiger partial charge in [-0.25, -0.2) is 14.2 Å². The zero-order chi connectivity index (χ0) is 25.4. The highest BCUT2D eigenvalue weighted by atomic mass is 19.1. The van der Waals surface area contributed by atoms with Gasteiger partial charge in [0, 0.05) is 18.5 Å². The Kier molecular flexibility index (Phi) is 5.96. The smallest absolute Gasteiger partial charge is 0.410 e. The quantitative estimate of drug-likeness (QED) is 0.364. The molecule has 2 aromatic carbocycles. The van der Waals surface area contributed by atoms with Crippen LogP contribution in [0.2, 0.25) is 0 Å². The SMILES string of the molecule is CC(C)(C)OC(=O)N1CCC(c2cc(F)c3oc(Nc4ccc5cc(C#N)ccc5n4)nc3c2)CC1. The van der Waals surface area contributed by atoms with Crippen LogP contribution in [-0.4, -0.2) is 39.7 Å². The zero-order valence-corrected chi connectivity index (χ0v) is 20.3. The maximum atomic E-state index is 14.9. The Balaban J connectivity index is 1.31. The third kappa shape index (κ3) is 4.93. The van der Waals surface area contributed by atoms with E-state index in [4.69, 9.17) is 14.4 Å². The lowest BCUT2D eigenvalue weighted by atomic mass is 9.89. The normalized spacial score (nSPS) is 14.7. The molecule has 184 valence electrons. The van der Waals surface area contributed by atoms with Crippen LogP contribution in [0.5, 0.6) is 0 Å². The number of carbonyl (C=O) groups is 1. The molecule has 0 radical (unpaired) electrons. The molecule has 0 atom stereocenters. The molecular weight excluding hydrogens is 461 g/mol. The summed E-state index contributed by atoms with van der Waals surface area (Å²) in [6.07, 6.45) is 1.10. The molecule has 0 saturated carbocycles. The first-order chi connectivity index (χ1) is 17.2. The van der Waals surface area contributed by atoms with Crippen molar-refractivity contribution in [3.8, 4) is 6.07 Å². The number of piperidine rings is 1. The molecule has 0 bridgehead atoms. The fourth-order valence-corrected chi connectivity index (χ4v) is 4.40. The Morgan fingerprint density at radius 3 is 2.64 bits per heavy atom. The van der Waals surface area contributed by atoms with E-state index in [1.54, 1.807) is 29.2 Å². The van der Waals surface area contributed by atoms with Crippen LogP contribution < -0.4 is 5.32 Å². The zero-order valence-electron chi connectivity index (χ0n) is 20.3. The maximum absolute atomic E-state index is 14.9.